The summed E-state index contributed by atoms with van der Waals surface area (Å²) >= 11 is 0. The number of hydrogen-bond donors (Lipinski definition) is 2. The molecule has 114 valence electrons. The normalized spacial score (nSPS) is 13.0. The monoisotopic (exact) mass is 304 g/mol. The lowest BCUT2D eigenvalue weighted by Crippen LogP contribution is -2.47. The van der Waals surface area contributed by atoms with E-state index in [0.717, 1.165) is 10.4 Å². The van der Waals surface area contributed by atoms with Crippen molar-refractivity contribution in [2.24, 2.45) is 0 Å². The number of nitrogens with two attached hydrogens (primary N) is 1. The van der Waals surface area contributed by atoms with E-state index in [1.54, 1.807) is 13.8 Å². The van der Waals surface area contributed by atoms with Crippen LogP contribution in [-0.2, 0) is 10.0 Å². The lowest BCUT2D eigenvalue weighted by Gasteiger charge is -2.33. The van der Waals surface area contributed by atoms with E-state index in [-0.39, 0.29) is 28.3 Å². The van der Waals surface area contributed by atoms with Crippen LogP contribution in [0.25, 0.3) is 0 Å². The molecule has 0 aliphatic rings. The van der Waals surface area contributed by atoms with Gasteiger partial charge in [-0.25, -0.2) is 12.8 Å². The maximum atomic E-state index is 13.5. The molecule has 0 heterocycles. The minimum absolute atomic E-state index is 0.0135. The number of likely N-dealkylation sites (N-methyl/N-ethyl adjacent to an activating group) is 1. The van der Waals surface area contributed by atoms with Crippen molar-refractivity contribution < 1.29 is 17.9 Å². The van der Waals surface area contributed by atoms with Crippen LogP contribution in [0, 0.1) is 19.7 Å². The summed E-state index contributed by atoms with van der Waals surface area (Å²) in [5.41, 5.74) is 4.90. The van der Waals surface area contributed by atoms with Crippen LogP contribution in [0.2, 0.25) is 0 Å². The highest BCUT2D eigenvalue weighted by Crippen LogP contribution is 2.31. The fourth-order valence-corrected chi connectivity index (χ4v) is 3.83. The second-order valence-corrected chi connectivity index (χ2v) is 7.39. The third kappa shape index (κ3) is 2.65. The molecule has 0 spiro atoms. The van der Waals surface area contributed by atoms with Gasteiger partial charge in [-0.2, -0.15) is 4.31 Å². The predicted molar refractivity (Wildman–Crippen MR) is 76.4 cm³/mol. The van der Waals surface area contributed by atoms with Gasteiger partial charge in [-0.1, -0.05) is 0 Å². The number of nitrogens with zero attached hydrogens (tertiary/aromatic N) is 1. The quantitative estimate of drug-likeness (QED) is 0.824. The third-order valence-electron chi connectivity index (χ3n) is 3.56. The molecule has 1 aromatic carbocycles. The van der Waals surface area contributed by atoms with Crippen LogP contribution in [0.4, 0.5) is 10.1 Å². The van der Waals surface area contributed by atoms with E-state index in [0.29, 0.717) is 0 Å². The van der Waals surface area contributed by atoms with Gasteiger partial charge < -0.3 is 10.8 Å². The Morgan fingerprint density at radius 3 is 2.35 bits per heavy atom. The molecule has 1 rings (SSSR count). The highest BCUT2D eigenvalue weighted by molar-refractivity contribution is 7.89. The first-order valence-corrected chi connectivity index (χ1v) is 7.56. The predicted octanol–water partition coefficient (Wildman–Crippen LogP) is 1.42. The van der Waals surface area contributed by atoms with E-state index in [2.05, 4.69) is 0 Å². The van der Waals surface area contributed by atoms with E-state index in [1.165, 1.54) is 20.9 Å². The van der Waals surface area contributed by atoms with E-state index < -0.39 is 21.4 Å². The Morgan fingerprint density at radius 2 is 1.90 bits per heavy atom. The van der Waals surface area contributed by atoms with Gasteiger partial charge in [-0.05, 0) is 44.9 Å². The van der Waals surface area contributed by atoms with E-state index in [1.807, 2.05) is 0 Å². The topological polar surface area (TPSA) is 83.6 Å². The number of sulfonamides is 1. The second-order valence-electron chi connectivity index (χ2n) is 5.49. The van der Waals surface area contributed by atoms with Gasteiger partial charge >= 0.3 is 0 Å². The molecule has 0 aromatic heterocycles. The van der Waals surface area contributed by atoms with Crippen molar-refractivity contribution in [1.82, 2.24) is 4.31 Å². The molecule has 0 fully saturated rings. The summed E-state index contributed by atoms with van der Waals surface area (Å²) in [6.07, 6.45) is 0. The fraction of sp³-hybridized carbons (Fsp3) is 0.538. The van der Waals surface area contributed by atoms with E-state index >= 15 is 0 Å². The Balaban J connectivity index is 3.57. The van der Waals surface area contributed by atoms with E-state index in [9.17, 15) is 17.9 Å². The largest absolute Gasteiger partial charge is 0.396 e. The van der Waals surface area contributed by atoms with Gasteiger partial charge in [-0.3, -0.25) is 0 Å². The van der Waals surface area contributed by atoms with Crippen molar-refractivity contribution in [3.8, 4) is 0 Å². The molecular weight excluding hydrogens is 283 g/mol. The molecule has 1 aromatic rings. The molecule has 0 unspecified atom stereocenters. The van der Waals surface area contributed by atoms with Crippen LogP contribution in [0.3, 0.4) is 0 Å². The maximum Gasteiger partial charge on any atom is 0.243 e. The zero-order chi connectivity index (χ0) is 15.9. The number of halogens is 1. The van der Waals surface area contributed by atoms with Crippen LogP contribution in [0.15, 0.2) is 11.0 Å². The first kappa shape index (κ1) is 16.9. The average molecular weight is 304 g/mol. The number of benzene rings is 1. The SMILES string of the molecule is Cc1cc(F)c(N)c(C)c1S(=O)(=O)N(C)C(C)(C)CO. The second kappa shape index (κ2) is 5.31. The summed E-state index contributed by atoms with van der Waals surface area (Å²) in [6.45, 7) is 5.85. The minimum atomic E-state index is -3.88. The number of anilines is 1. The van der Waals surface area contributed by atoms with Crippen LogP contribution in [0.1, 0.15) is 25.0 Å². The molecule has 0 amide bonds. The number of hydrogen-bond acceptors (Lipinski definition) is 4. The summed E-state index contributed by atoms with van der Waals surface area (Å²) < 4.78 is 40.0. The molecule has 7 heteroatoms. The first-order chi connectivity index (χ1) is 8.96. The standard InChI is InChI=1S/C13H21FN2O3S/c1-8-6-10(14)11(15)9(2)12(8)20(18,19)16(5)13(3,4)7-17/h6,17H,7,15H2,1-5H3. The Hall–Kier alpha value is -1.18. The minimum Gasteiger partial charge on any atom is -0.396 e. The molecule has 0 saturated carbocycles. The van der Waals surface area contributed by atoms with Crippen LogP contribution in [0.5, 0.6) is 0 Å². The molecule has 5 nitrogen and oxygen atoms in total. The molecule has 0 aliphatic heterocycles. The van der Waals surface area contributed by atoms with Gasteiger partial charge in [0.2, 0.25) is 10.0 Å². The molecule has 0 radical (unpaired) electrons. The van der Waals surface area contributed by atoms with E-state index in [4.69, 9.17) is 5.73 Å². The van der Waals surface area contributed by atoms with Gasteiger partial charge in [0.1, 0.15) is 5.82 Å². The Morgan fingerprint density at radius 1 is 1.40 bits per heavy atom. The zero-order valence-corrected chi connectivity index (χ0v) is 13.2. The molecule has 0 aliphatic carbocycles. The Kier molecular flexibility index (Phi) is 4.48. The smallest absolute Gasteiger partial charge is 0.243 e. The molecular formula is C13H21FN2O3S. The van der Waals surface area contributed by atoms with Crippen molar-refractivity contribution in [1.29, 1.82) is 0 Å². The van der Waals surface area contributed by atoms with Gasteiger partial charge in [0, 0.05) is 7.05 Å². The van der Waals surface area contributed by atoms with Crippen LogP contribution in [-0.4, -0.2) is 37.0 Å². The summed E-state index contributed by atoms with van der Waals surface area (Å²) in [7, 11) is -2.50. The summed E-state index contributed by atoms with van der Waals surface area (Å²) in [5, 5.41) is 9.32. The lowest BCUT2D eigenvalue weighted by atomic mass is 10.1. The average Bonchev–Trinajstić information content (AvgIpc) is 2.34. The molecule has 3 N–H and O–H groups in total. The summed E-state index contributed by atoms with van der Waals surface area (Å²) in [6, 6.07) is 1.11. The Labute approximate surface area is 119 Å². The summed E-state index contributed by atoms with van der Waals surface area (Å²) in [4.78, 5) is -0.0135. The van der Waals surface area contributed by atoms with Gasteiger partial charge in [0.15, 0.2) is 0 Å². The van der Waals surface area contributed by atoms with Gasteiger partial charge in [0.25, 0.3) is 0 Å². The fourth-order valence-electron chi connectivity index (χ4n) is 1.89. The van der Waals surface area contributed by atoms with Gasteiger partial charge in [-0.15, -0.1) is 0 Å². The first-order valence-electron chi connectivity index (χ1n) is 6.12. The molecule has 0 atom stereocenters. The molecule has 0 saturated heterocycles. The van der Waals surface area contributed by atoms with Gasteiger partial charge in [0.05, 0.1) is 22.7 Å². The number of aliphatic hydroxyl groups is 1. The highest BCUT2D eigenvalue weighted by Gasteiger charge is 2.36. The van der Waals surface area contributed by atoms with Crippen molar-refractivity contribution in [3.63, 3.8) is 0 Å². The highest BCUT2D eigenvalue weighted by atomic mass is 32.2. The van der Waals surface area contributed by atoms with Crippen molar-refractivity contribution in [2.45, 2.75) is 38.1 Å². The van der Waals surface area contributed by atoms with Crippen LogP contribution >= 0.6 is 0 Å². The zero-order valence-electron chi connectivity index (χ0n) is 12.4. The Bertz CT molecular complexity index is 627. The number of nitrogen functional groups attached to an aromatic ring is 1. The van der Waals surface area contributed by atoms with Crippen molar-refractivity contribution in [2.75, 3.05) is 19.4 Å². The summed E-state index contributed by atoms with van der Waals surface area (Å²) in [5.74, 6) is -0.636. The van der Waals surface area contributed by atoms with Crippen LogP contribution < -0.4 is 5.73 Å². The molecule has 20 heavy (non-hydrogen) atoms. The maximum absolute atomic E-state index is 13.5. The van der Waals surface area contributed by atoms with Crippen molar-refractivity contribution >= 4 is 15.7 Å². The number of aryl methyl sites for hydroxylation is 1. The molecule has 0 bridgehead atoms. The third-order valence-corrected chi connectivity index (χ3v) is 5.92. The number of rotatable bonds is 4. The lowest BCUT2D eigenvalue weighted by molar-refractivity contribution is 0.138. The number of aliphatic hydroxyl groups excluding tert-OH is 1. The van der Waals surface area contributed by atoms with Crippen molar-refractivity contribution in [3.05, 3.63) is 23.0 Å².